The van der Waals surface area contributed by atoms with Gasteiger partial charge in [0.2, 0.25) is 5.91 Å². The molecule has 0 aliphatic carbocycles. The fraction of sp³-hybridized carbons (Fsp3) is 0.250. The van der Waals surface area contributed by atoms with Crippen molar-refractivity contribution in [2.75, 3.05) is 13.1 Å². The van der Waals surface area contributed by atoms with E-state index in [9.17, 15) is 9.59 Å². The first-order chi connectivity index (χ1) is 22.3. The van der Waals surface area contributed by atoms with E-state index >= 15 is 0 Å². The van der Waals surface area contributed by atoms with Crippen LogP contribution in [0.15, 0.2) is 101 Å². The zero-order valence-electron chi connectivity index (χ0n) is 25.9. The minimum atomic E-state index is -0.517. The third kappa shape index (κ3) is 8.15. The zero-order chi connectivity index (χ0) is 32.5. The third-order valence-electron chi connectivity index (χ3n) is 8.04. The topological polar surface area (TPSA) is 171 Å². The lowest BCUT2D eigenvalue weighted by Gasteiger charge is -2.31. The second-order valence-corrected chi connectivity index (χ2v) is 11.3. The number of carbonyl (C=O) groups is 2. The molecule has 2 amide bonds. The number of hydrogen-bond acceptors (Lipinski definition) is 6. The van der Waals surface area contributed by atoms with Crippen molar-refractivity contribution in [1.82, 2.24) is 10.3 Å². The molecule has 1 aliphatic rings. The second-order valence-electron chi connectivity index (χ2n) is 11.3. The minimum absolute atomic E-state index is 0.00603. The van der Waals surface area contributed by atoms with Gasteiger partial charge >= 0.3 is 0 Å². The molecule has 10 heteroatoms. The first kappa shape index (κ1) is 31.9. The third-order valence-corrected chi connectivity index (χ3v) is 8.04. The van der Waals surface area contributed by atoms with Crippen LogP contribution in [0, 0.1) is 18.8 Å². The standard InChI is InChI=1S/C36H39N7O3/c1-23-8-2-3-13-32(23)46-28-11-6-9-25(20-28)33-30(29(34(37)44)12-7-18-42-36(38)39)21-24-14-15-26(22-31(24)43-33)35(45)41-19-16-27-10-4-5-17-40-27/h2-6,8-11,13-15,17,20,22,29-30H,7,12,16,18-19,21H2,1H3,(H2,37,44)(H,41,45)(H4,38,39,42)/t29-,30?/m1/s1. The molecule has 0 radical (unpaired) electrons. The van der Waals surface area contributed by atoms with E-state index in [-0.39, 0.29) is 17.8 Å². The monoisotopic (exact) mass is 617 g/mol. The van der Waals surface area contributed by atoms with Gasteiger partial charge in [0.1, 0.15) is 11.5 Å². The van der Waals surface area contributed by atoms with Crippen LogP contribution < -0.4 is 27.3 Å². The first-order valence-corrected chi connectivity index (χ1v) is 15.4. The van der Waals surface area contributed by atoms with Crippen molar-refractivity contribution in [2.24, 2.45) is 39.0 Å². The van der Waals surface area contributed by atoms with Crippen molar-refractivity contribution in [3.63, 3.8) is 0 Å². The highest BCUT2D eigenvalue weighted by Crippen LogP contribution is 2.37. The molecule has 1 unspecified atom stereocenters. The lowest BCUT2D eigenvalue weighted by atomic mass is 9.76. The summed E-state index contributed by atoms with van der Waals surface area (Å²) in [4.78, 5) is 39.5. The van der Waals surface area contributed by atoms with E-state index in [0.717, 1.165) is 28.1 Å². The Balaban J connectivity index is 1.45. The molecular formula is C36H39N7O3. The largest absolute Gasteiger partial charge is 0.457 e. The van der Waals surface area contributed by atoms with E-state index in [1.807, 2.05) is 79.7 Å². The summed E-state index contributed by atoms with van der Waals surface area (Å²) >= 11 is 0. The number of hydrogen-bond donors (Lipinski definition) is 4. The van der Waals surface area contributed by atoms with Gasteiger partial charge in [0.25, 0.3) is 5.91 Å². The molecule has 0 bridgehead atoms. The molecule has 0 saturated carbocycles. The number of pyridine rings is 1. The molecule has 2 atom stereocenters. The highest BCUT2D eigenvalue weighted by Gasteiger charge is 2.34. The van der Waals surface area contributed by atoms with Gasteiger partial charge in [-0.1, -0.05) is 42.5 Å². The SMILES string of the molecule is Cc1ccccc1Oc1cccc(C2=Nc3cc(C(=O)NCCc4ccccn4)ccc3CC2[C@@H](CCCN=C(N)N)C(N)=O)c1. The minimum Gasteiger partial charge on any atom is -0.457 e. The molecule has 2 heterocycles. The molecule has 236 valence electrons. The Kier molecular flexibility index (Phi) is 10.4. The number of primary amides is 1. The van der Waals surface area contributed by atoms with E-state index in [0.29, 0.717) is 61.5 Å². The predicted octanol–water partition coefficient (Wildman–Crippen LogP) is 4.60. The Morgan fingerprint density at radius 3 is 2.59 bits per heavy atom. The van der Waals surface area contributed by atoms with Crippen molar-refractivity contribution >= 4 is 29.2 Å². The predicted molar refractivity (Wildman–Crippen MR) is 180 cm³/mol. The van der Waals surface area contributed by atoms with Crippen LogP contribution in [0.5, 0.6) is 11.5 Å². The zero-order valence-corrected chi connectivity index (χ0v) is 25.9. The summed E-state index contributed by atoms with van der Waals surface area (Å²) in [5.74, 6) is -0.0360. The van der Waals surface area contributed by atoms with Crippen molar-refractivity contribution in [2.45, 2.75) is 32.6 Å². The van der Waals surface area contributed by atoms with Gasteiger partial charge in [0.15, 0.2) is 5.96 Å². The van der Waals surface area contributed by atoms with E-state index < -0.39 is 11.8 Å². The fourth-order valence-electron chi connectivity index (χ4n) is 5.67. The molecule has 10 nitrogen and oxygen atoms in total. The number of aliphatic imine (C=N–C) groups is 2. The molecule has 1 aliphatic heterocycles. The number of nitrogens with one attached hydrogen (secondary N) is 1. The Labute approximate surface area is 268 Å². The molecule has 0 spiro atoms. The van der Waals surface area contributed by atoms with Crippen LogP contribution in [0.3, 0.4) is 0 Å². The smallest absolute Gasteiger partial charge is 0.251 e. The van der Waals surface area contributed by atoms with Crippen LogP contribution in [-0.4, -0.2) is 41.6 Å². The number of carbonyl (C=O) groups excluding carboxylic acids is 2. The quantitative estimate of drug-likeness (QED) is 0.0970. The Bertz CT molecular complexity index is 1750. The van der Waals surface area contributed by atoms with Crippen LogP contribution in [0.4, 0.5) is 5.69 Å². The molecule has 1 aromatic heterocycles. The van der Waals surface area contributed by atoms with Crippen molar-refractivity contribution in [3.8, 4) is 11.5 Å². The first-order valence-electron chi connectivity index (χ1n) is 15.4. The summed E-state index contributed by atoms with van der Waals surface area (Å²) in [5.41, 5.74) is 22.6. The maximum absolute atomic E-state index is 13.1. The maximum Gasteiger partial charge on any atom is 0.251 e. The number of amides is 2. The van der Waals surface area contributed by atoms with Gasteiger partial charge in [0, 0.05) is 48.8 Å². The lowest BCUT2D eigenvalue weighted by Crippen LogP contribution is -2.37. The summed E-state index contributed by atoms with van der Waals surface area (Å²) in [6.45, 7) is 2.83. The number of rotatable bonds is 13. The van der Waals surface area contributed by atoms with Crippen LogP contribution in [-0.2, 0) is 17.6 Å². The number of para-hydroxylation sites is 1. The average Bonchev–Trinajstić information content (AvgIpc) is 3.05. The number of ether oxygens (including phenoxy) is 1. The molecule has 0 saturated heterocycles. The number of nitrogens with two attached hydrogens (primary N) is 3. The molecule has 3 aromatic carbocycles. The van der Waals surface area contributed by atoms with Gasteiger partial charge in [-0.15, -0.1) is 0 Å². The van der Waals surface area contributed by atoms with Crippen molar-refractivity contribution < 1.29 is 14.3 Å². The average molecular weight is 618 g/mol. The molecular weight excluding hydrogens is 578 g/mol. The summed E-state index contributed by atoms with van der Waals surface area (Å²) < 4.78 is 6.23. The van der Waals surface area contributed by atoms with Crippen LogP contribution in [0.1, 0.15) is 45.6 Å². The van der Waals surface area contributed by atoms with Crippen LogP contribution in [0.2, 0.25) is 0 Å². The van der Waals surface area contributed by atoms with Gasteiger partial charge < -0.3 is 27.3 Å². The Morgan fingerprint density at radius 2 is 1.83 bits per heavy atom. The number of guanidine groups is 1. The van der Waals surface area contributed by atoms with E-state index in [2.05, 4.69) is 15.3 Å². The molecule has 4 aromatic rings. The molecule has 5 rings (SSSR count). The summed E-state index contributed by atoms with van der Waals surface area (Å²) in [7, 11) is 0. The van der Waals surface area contributed by atoms with Crippen molar-refractivity contribution in [3.05, 3.63) is 119 Å². The normalized spacial score (nSPS) is 14.4. The highest BCUT2D eigenvalue weighted by atomic mass is 16.5. The lowest BCUT2D eigenvalue weighted by molar-refractivity contribution is -0.122. The summed E-state index contributed by atoms with van der Waals surface area (Å²) in [6, 6.07) is 26.7. The summed E-state index contributed by atoms with van der Waals surface area (Å²) in [6.07, 6.45) is 3.95. The Morgan fingerprint density at radius 1 is 1.00 bits per heavy atom. The number of fused-ring (bicyclic) bond motifs is 1. The van der Waals surface area contributed by atoms with Crippen LogP contribution in [0.25, 0.3) is 0 Å². The second kappa shape index (κ2) is 15.0. The van der Waals surface area contributed by atoms with Gasteiger partial charge in [-0.2, -0.15) is 0 Å². The highest BCUT2D eigenvalue weighted by molar-refractivity contribution is 6.07. The van der Waals surface area contributed by atoms with Crippen LogP contribution >= 0.6 is 0 Å². The molecule has 0 fully saturated rings. The van der Waals surface area contributed by atoms with E-state index in [4.69, 9.17) is 26.9 Å². The number of aryl methyl sites for hydroxylation is 1. The van der Waals surface area contributed by atoms with E-state index in [1.54, 1.807) is 18.3 Å². The summed E-state index contributed by atoms with van der Waals surface area (Å²) in [5, 5.41) is 2.98. The van der Waals surface area contributed by atoms with Gasteiger partial charge in [0.05, 0.1) is 11.4 Å². The molecule has 46 heavy (non-hydrogen) atoms. The number of benzene rings is 3. The van der Waals surface area contributed by atoms with Crippen molar-refractivity contribution in [1.29, 1.82) is 0 Å². The van der Waals surface area contributed by atoms with E-state index in [1.165, 1.54) is 0 Å². The molecule has 7 N–H and O–H groups in total. The fourth-order valence-corrected chi connectivity index (χ4v) is 5.67. The van der Waals surface area contributed by atoms with Gasteiger partial charge in [-0.25, -0.2) is 0 Å². The van der Waals surface area contributed by atoms with Gasteiger partial charge in [-0.05, 0) is 85.3 Å². The number of nitrogens with zero attached hydrogens (tertiary/aromatic N) is 3. The Hall–Kier alpha value is -5.51. The maximum atomic E-state index is 13.1. The number of aromatic nitrogens is 1. The van der Waals surface area contributed by atoms with Gasteiger partial charge in [-0.3, -0.25) is 24.6 Å².